The van der Waals surface area contributed by atoms with Crippen LogP contribution in [0.4, 0.5) is 17.1 Å². The van der Waals surface area contributed by atoms with E-state index in [2.05, 4.69) is 114 Å². The summed E-state index contributed by atoms with van der Waals surface area (Å²) in [6, 6.07) is 49.7. The quantitative estimate of drug-likeness (QED) is 0.240. The third-order valence-corrected chi connectivity index (χ3v) is 6.89. The Bertz CT molecular complexity index is 1680. The number of benzene rings is 6. The highest BCUT2D eigenvalue weighted by Crippen LogP contribution is 2.41. The zero-order chi connectivity index (χ0) is 25.9. The first kappa shape index (κ1) is 23.7. The second kappa shape index (κ2) is 10.4. The summed E-state index contributed by atoms with van der Waals surface area (Å²) in [7, 11) is -1.49. The van der Waals surface area contributed by atoms with E-state index >= 15 is 0 Å². The van der Waals surface area contributed by atoms with Gasteiger partial charge in [0.05, 0.1) is 5.69 Å². The van der Waals surface area contributed by atoms with Gasteiger partial charge in [-0.05, 0) is 63.3 Å². The molecule has 0 saturated heterocycles. The van der Waals surface area contributed by atoms with Crippen molar-refractivity contribution in [2.75, 3.05) is 4.90 Å². The van der Waals surface area contributed by atoms with Crippen LogP contribution in [0.15, 0.2) is 146 Å². The van der Waals surface area contributed by atoms with Crippen LogP contribution in [0.25, 0.3) is 33.0 Å². The Balaban J connectivity index is 1.50. The molecular formula is C34H26BNO2. The molecule has 0 aliphatic heterocycles. The summed E-state index contributed by atoms with van der Waals surface area (Å²) < 4.78 is 0. The van der Waals surface area contributed by atoms with E-state index in [0.717, 1.165) is 28.2 Å². The standard InChI is InChI=1S/C34H26BNO2/c37-35(38)30-19-14-28(15-20-30)33-12-6-7-13-34(33)36(32-23-18-26-10-4-5-11-29(26)24-32)31-21-16-27(17-22-31)25-8-2-1-3-9-25/h1-24,37-38H. The molecule has 0 bridgehead atoms. The fraction of sp³-hybridized carbons (Fsp3) is 0. The highest BCUT2D eigenvalue weighted by molar-refractivity contribution is 6.58. The van der Waals surface area contributed by atoms with Gasteiger partial charge in [0.25, 0.3) is 0 Å². The van der Waals surface area contributed by atoms with Crippen molar-refractivity contribution in [3.8, 4) is 22.3 Å². The van der Waals surface area contributed by atoms with Crippen molar-refractivity contribution < 1.29 is 10.0 Å². The van der Waals surface area contributed by atoms with Crippen LogP contribution in [0.3, 0.4) is 0 Å². The van der Waals surface area contributed by atoms with Crippen LogP contribution in [0.1, 0.15) is 0 Å². The van der Waals surface area contributed by atoms with Crippen LogP contribution in [0, 0.1) is 0 Å². The van der Waals surface area contributed by atoms with Gasteiger partial charge in [-0.2, -0.15) is 0 Å². The van der Waals surface area contributed by atoms with Crippen LogP contribution < -0.4 is 10.4 Å². The molecule has 6 aromatic rings. The van der Waals surface area contributed by atoms with Crippen LogP contribution >= 0.6 is 0 Å². The van der Waals surface area contributed by atoms with Gasteiger partial charge in [0.1, 0.15) is 0 Å². The zero-order valence-electron chi connectivity index (χ0n) is 20.8. The minimum atomic E-state index is -1.49. The molecule has 0 spiro atoms. The smallest absolute Gasteiger partial charge is 0.423 e. The molecule has 0 aliphatic carbocycles. The predicted molar refractivity (Wildman–Crippen MR) is 159 cm³/mol. The van der Waals surface area contributed by atoms with E-state index in [4.69, 9.17) is 0 Å². The average molecular weight is 491 g/mol. The Kier molecular flexibility index (Phi) is 6.49. The maximum Gasteiger partial charge on any atom is 0.488 e. The molecule has 2 N–H and O–H groups in total. The minimum absolute atomic E-state index is 0.467. The molecule has 182 valence electrons. The van der Waals surface area contributed by atoms with E-state index in [1.165, 1.54) is 21.9 Å². The van der Waals surface area contributed by atoms with Crippen molar-refractivity contribution in [3.05, 3.63) is 146 Å². The van der Waals surface area contributed by atoms with Crippen molar-refractivity contribution in [1.82, 2.24) is 0 Å². The molecule has 0 unspecified atom stereocenters. The molecule has 0 atom stereocenters. The van der Waals surface area contributed by atoms with E-state index in [1.54, 1.807) is 12.1 Å². The maximum absolute atomic E-state index is 9.56. The molecule has 38 heavy (non-hydrogen) atoms. The molecular weight excluding hydrogens is 465 g/mol. The summed E-state index contributed by atoms with van der Waals surface area (Å²) in [5.41, 5.74) is 8.01. The molecule has 0 aromatic heterocycles. The Morgan fingerprint density at radius 2 is 1.03 bits per heavy atom. The lowest BCUT2D eigenvalue weighted by molar-refractivity contribution is 0.426. The third kappa shape index (κ3) is 4.71. The Hall–Kier alpha value is -4.64. The summed E-state index contributed by atoms with van der Waals surface area (Å²) in [6.45, 7) is 0. The van der Waals surface area contributed by atoms with E-state index in [-0.39, 0.29) is 0 Å². The number of rotatable bonds is 6. The van der Waals surface area contributed by atoms with Crippen LogP contribution in [-0.2, 0) is 0 Å². The first-order chi connectivity index (χ1) is 18.7. The molecule has 6 aromatic carbocycles. The van der Waals surface area contributed by atoms with Gasteiger partial charge >= 0.3 is 7.12 Å². The largest absolute Gasteiger partial charge is 0.488 e. The molecule has 3 nitrogen and oxygen atoms in total. The molecule has 0 aliphatic rings. The van der Waals surface area contributed by atoms with E-state index in [0.29, 0.717) is 5.46 Å². The van der Waals surface area contributed by atoms with E-state index in [1.807, 2.05) is 24.3 Å². The number of anilines is 3. The fourth-order valence-electron chi connectivity index (χ4n) is 4.92. The number of fused-ring (bicyclic) bond motifs is 1. The van der Waals surface area contributed by atoms with Gasteiger partial charge < -0.3 is 14.9 Å². The minimum Gasteiger partial charge on any atom is -0.423 e. The van der Waals surface area contributed by atoms with Crippen molar-refractivity contribution in [2.24, 2.45) is 0 Å². The topological polar surface area (TPSA) is 43.7 Å². The van der Waals surface area contributed by atoms with Gasteiger partial charge in [-0.15, -0.1) is 0 Å². The lowest BCUT2D eigenvalue weighted by Crippen LogP contribution is -2.29. The van der Waals surface area contributed by atoms with Crippen molar-refractivity contribution in [3.63, 3.8) is 0 Å². The first-order valence-corrected chi connectivity index (χ1v) is 12.7. The van der Waals surface area contributed by atoms with Crippen molar-refractivity contribution in [1.29, 1.82) is 0 Å². The van der Waals surface area contributed by atoms with Gasteiger partial charge in [-0.25, -0.2) is 0 Å². The highest BCUT2D eigenvalue weighted by Gasteiger charge is 2.18. The fourth-order valence-corrected chi connectivity index (χ4v) is 4.92. The number of hydrogen-bond donors (Lipinski definition) is 2. The normalized spacial score (nSPS) is 10.9. The second-order valence-corrected chi connectivity index (χ2v) is 9.29. The monoisotopic (exact) mass is 491 g/mol. The lowest BCUT2D eigenvalue weighted by atomic mass is 9.80. The summed E-state index contributed by atoms with van der Waals surface area (Å²) in [6.07, 6.45) is 0. The third-order valence-electron chi connectivity index (χ3n) is 6.89. The number of hydrogen-bond acceptors (Lipinski definition) is 3. The zero-order valence-corrected chi connectivity index (χ0v) is 20.8. The number of para-hydroxylation sites is 1. The van der Waals surface area contributed by atoms with Gasteiger partial charge in [-0.1, -0.05) is 115 Å². The van der Waals surface area contributed by atoms with Crippen LogP contribution in [0.2, 0.25) is 0 Å². The van der Waals surface area contributed by atoms with Crippen LogP contribution in [-0.4, -0.2) is 17.2 Å². The lowest BCUT2D eigenvalue weighted by Gasteiger charge is -2.28. The Morgan fingerprint density at radius 1 is 0.447 bits per heavy atom. The average Bonchev–Trinajstić information content (AvgIpc) is 2.98. The molecule has 0 radical (unpaired) electrons. The maximum atomic E-state index is 9.56. The van der Waals surface area contributed by atoms with Gasteiger partial charge in [-0.3, -0.25) is 0 Å². The van der Waals surface area contributed by atoms with E-state index in [9.17, 15) is 10.0 Å². The Morgan fingerprint density at radius 3 is 1.76 bits per heavy atom. The van der Waals surface area contributed by atoms with Crippen molar-refractivity contribution >= 4 is 40.4 Å². The second-order valence-electron chi connectivity index (χ2n) is 9.29. The molecule has 0 saturated carbocycles. The molecule has 0 heterocycles. The number of nitrogens with zero attached hydrogens (tertiary/aromatic N) is 1. The Labute approximate surface area is 223 Å². The molecule has 0 fully saturated rings. The van der Waals surface area contributed by atoms with Crippen LogP contribution in [0.5, 0.6) is 0 Å². The van der Waals surface area contributed by atoms with E-state index < -0.39 is 7.12 Å². The summed E-state index contributed by atoms with van der Waals surface area (Å²) in [5.74, 6) is 0. The summed E-state index contributed by atoms with van der Waals surface area (Å²) in [4.78, 5) is 2.28. The molecule has 6 rings (SSSR count). The van der Waals surface area contributed by atoms with Gasteiger partial charge in [0.15, 0.2) is 0 Å². The highest BCUT2D eigenvalue weighted by atomic mass is 16.4. The molecule has 0 amide bonds. The summed E-state index contributed by atoms with van der Waals surface area (Å²) in [5, 5.41) is 21.5. The SMILES string of the molecule is OB(O)c1ccc(-c2ccccc2N(c2ccc(-c3ccccc3)cc2)c2ccc3ccccc3c2)cc1. The first-order valence-electron chi connectivity index (χ1n) is 12.7. The van der Waals surface area contributed by atoms with Crippen molar-refractivity contribution in [2.45, 2.75) is 0 Å². The summed E-state index contributed by atoms with van der Waals surface area (Å²) >= 11 is 0. The van der Waals surface area contributed by atoms with Gasteiger partial charge in [0, 0.05) is 16.9 Å². The van der Waals surface area contributed by atoms with Gasteiger partial charge in [0.2, 0.25) is 0 Å². The molecule has 4 heteroatoms. The predicted octanol–water partition coefficient (Wildman–Crippen LogP) is 7.32.